The van der Waals surface area contributed by atoms with E-state index in [2.05, 4.69) is 11.9 Å². The number of carboxylic acids is 1. The number of carbonyl (C=O) groups excluding carboxylic acids is 2. The second-order valence-corrected chi connectivity index (χ2v) is 6.42. The highest BCUT2D eigenvalue weighted by molar-refractivity contribution is 7.80. The summed E-state index contributed by atoms with van der Waals surface area (Å²) in [6.45, 7) is 3.79. The van der Waals surface area contributed by atoms with E-state index >= 15 is 0 Å². The van der Waals surface area contributed by atoms with Crippen molar-refractivity contribution in [2.75, 3.05) is 6.54 Å². The number of aromatic carboxylic acids is 1. The second kappa shape index (κ2) is 7.98. The van der Waals surface area contributed by atoms with E-state index in [0.717, 1.165) is 11.1 Å². The summed E-state index contributed by atoms with van der Waals surface area (Å²) in [6.07, 6.45) is 3.02. The fourth-order valence-electron chi connectivity index (χ4n) is 2.76. The lowest BCUT2D eigenvalue weighted by Crippen LogP contribution is -2.53. The minimum Gasteiger partial charge on any atom is -0.478 e. The summed E-state index contributed by atoms with van der Waals surface area (Å²) >= 11 is 5.02. The van der Waals surface area contributed by atoms with E-state index in [1.54, 1.807) is 36.4 Å². The molecule has 0 aliphatic carbocycles. The van der Waals surface area contributed by atoms with Gasteiger partial charge in [0, 0.05) is 6.54 Å². The number of carbonyl (C=O) groups is 3. The number of rotatable bonds is 5. The molecule has 2 N–H and O–H groups in total. The van der Waals surface area contributed by atoms with Crippen molar-refractivity contribution < 1.29 is 19.5 Å². The highest BCUT2D eigenvalue weighted by Crippen LogP contribution is 2.22. The van der Waals surface area contributed by atoms with E-state index in [0.29, 0.717) is 5.56 Å². The summed E-state index contributed by atoms with van der Waals surface area (Å²) in [5.74, 6) is -2.02. The maximum absolute atomic E-state index is 12.5. The fraction of sp³-hybridized carbons (Fsp3) is 0.0476. The first-order chi connectivity index (χ1) is 13.4. The highest BCUT2D eigenvalue weighted by atomic mass is 32.1. The first-order valence-electron chi connectivity index (χ1n) is 8.34. The summed E-state index contributed by atoms with van der Waals surface area (Å²) in [5, 5.41) is 11.7. The van der Waals surface area contributed by atoms with E-state index in [-0.39, 0.29) is 22.8 Å². The molecule has 2 amide bonds. The van der Waals surface area contributed by atoms with E-state index in [1.807, 2.05) is 6.07 Å². The summed E-state index contributed by atoms with van der Waals surface area (Å²) in [4.78, 5) is 37.1. The van der Waals surface area contributed by atoms with Gasteiger partial charge < -0.3 is 5.11 Å². The van der Waals surface area contributed by atoms with Crippen LogP contribution in [0.1, 0.15) is 15.9 Å². The molecule has 6 nitrogen and oxygen atoms in total. The highest BCUT2D eigenvalue weighted by Gasteiger charge is 2.32. The Balaban J connectivity index is 1.89. The van der Waals surface area contributed by atoms with Gasteiger partial charge in [-0.1, -0.05) is 42.5 Å². The van der Waals surface area contributed by atoms with Gasteiger partial charge in [-0.25, -0.2) is 4.79 Å². The zero-order valence-electron chi connectivity index (χ0n) is 14.7. The third-order valence-electron chi connectivity index (χ3n) is 4.16. The van der Waals surface area contributed by atoms with Crippen LogP contribution in [0.5, 0.6) is 0 Å². The lowest BCUT2D eigenvalue weighted by Gasteiger charge is -2.27. The number of benzene rings is 2. The Morgan fingerprint density at radius 3 is 2.50 bits per heavy atom. The van der Waals surface area contributed by atoms with E-state index < -0.39 is 17.8 Å². The van der Waals surface area contributed by atoms with Crippen LogP contribution in [0.4, 0.5) is 0 Å². The van der Waals surface area contributed by atoms with Crippen molar-refractivity contribution in [1.82, 2.24) is 10.2 Å². The molecule has 2 aromatic rings. The Kier molecular flexibility index (Phi) is 5.47. The number of thiocarbonyl (C=S) groups is 1. The van der Waals surface area contributed by atoms with Gasteiger partial charge in [-0.05, 0) is 47.1 Å². The average Bonchev–Trinajstić information content (AvgIpc) is 2.69. The number of nitrogens with one attached hydrogen (secondary N) is 1. The molecule has 0 spiro atoms. The molecule has 3 rings (SSSR count). The Morgan fingerprint density at radius 1 is 1.14 bits per heavy atom. The molecule has 1 heterocycles. The molecule has 1 fully saturated rings. The van der Waals surface area contributed by atoms with Crippen LogP contribution in [0.15, 0.2) is 66.8 Å². The maximum atomic E-state index is 12.5. The first kappa shape index (κ1) is 19.2. The smallest absolute Gasteiger partial charge is 0.335 e. The molecular weight excluding hydrogens is 376 g/mol. The van der Waals surface area contributed by atoms with Crippen molar-refractivity contribution >= 4 is 41.2 Å². The molecule has 2 aromatic carbocycles. The molecule has 0 bridgehead atoms. The summed E-state index contributed by atoms with van der Waals surface area (Å²) in [5.41, 5.74) is 2.41. The second-order valence-electron chi connectivity index (χ2n) is 6.03. The van der Waals surface area contributed by atoms with Gasteiger partial charge in [0.05, 0.1) is 5.56 Å². The summed E-state index contributed by atoms with van der Waals surface area (Å²) < 4.78 is 0. The van der Waals surface area contributed by atoms with Gasteiger partial charge in [0.1, 0.15) is 5.57 Å². The number of nitrogens with zero attached hydrogens (tertiary/aromatic N) is 1. The van der Waals surface area contributed by atoms with Gasteiger partial charge in [-0.3, -0.25) is 19.8 Å². The van der Waals surface area contributed by atoms with Crippen molar-refractivity contribution in [2.45, 2.75) is 0 Å². The fourth-order valence-corrected chi connectivity index (χ4v) is 3.01. The minimum atomic E-state index is -0.994. The zero-order chi connectivity index (χ0) is 20.3. The van der Waals surface area contributed by atoms with Gasteiger partial charge in [-0.15, -0.1) is 6.58 Å². The van der Waals surface area contributed by atoms with Crippen molar-refractivity contribution in [2.24, 2.45) is 0 Å². The monoisotopic (exact) mass is 392 g/mol. The van der Waals surface area contributed by atoms with Crippen molar-refractivity contribution in [3.8, 4) is 11.1 Å². The number of hydrogen-bond donors (Lipinski definition) is 2. The van der Waals surface area contributed by atoms with Crippen LogP contribution in [0.2, 0.25) is 0 Å². The summed E-state index contributed by atoms with van der Waals surface area (Å²) in [6, 6.07) is 13.7. The molecule has 140 valence electrons. The lowest BCUT2D eigenvalue weighted by atomic mass is 10.0. The van der Waals surface area contributed by atoms with Gasteiger partial charge in [-0.2, -0.15) is 0 Å². The number of amides is 2. The van der Waals surface area contributed by atoms with Gasteiger partial charge >= 0.3 is 5.97 Å². The van der Waals surface area contributed by atoms with Crippen molar-refractivity contribution in [3.63, 3.8) is 0 Å². The predicted octanol–water partition coefficient (Wildman–Crippen LogP) is 2.86. The van der Waals surface area contributed by atoms with Gasteiger partial charge in [0.25, 0.3) is 11.8 Å². The standard InChI is InChI=1S/C21H16N2O4S/c1-2-10-23-19(25)17(18(24)22-21(23)28)11-13-6-8-14(9-7-13)15-4-3-5-16(12-15)20(26)27/h2-9,11-12H,1,10H2,(H,26,27)(H,22,24,28)/b17-11+. The van der Waals surface area contributed by atoms with Crippen molar-refractivity contribution in [3.05, 3.63) is 77.9 Å². The van der Waals surface area contributed by atoms with E-state index in [1.165, 1.54) is 23.1 Å². The first-order valence-corrected chi connectivity index (χ1v) is 8.75. The average molecular weight is 392 g/mol. The zero-order valence-corrected chi connectivity index (χ0v) is 15.5. The Hall–Kier alpha value is -3.58. The Labute approximate surface area is 166 Å². The van der Waals surface area contributed by atoms with Crippen LogP contribution in [0.3, 0.4) is 0 Å². The van der Waals surface area contributed by atoms with Crippen molar-refractivity contribution in [1.29, 1.82) is 0 Å². The minimum absolute atomic E-state index is 0.0175. The number of carboxylic acid groups (broad SMARTS) is 1. The van der Waals surface area contributed by atoms with Crippen LogP contribution in [0.25, 0.3) is 17.2 Å². The molecule has 1 aliphatic rings. The molecule has 0 saturated carbocycles. The molecule has 28 heavy (non-hydrogen) atoms. The van der Waals surface area contributed by atoms with Crippen LogP contribution in [0, 0.1) is 0 Å². The van der Waals surface area contributed by atoms with Gasteiger partial charge in [0.15, 0.2) is 5.11 Å². The molecule has 0 radical (unpaired) electrons. The normalized spacial score (nSPS) is 15.5. The predicted molar refractivity (Wildman–Crippen MR) is 109 cm³/mol. The molecule has 7 heteroatoms. The van der Waals surface area contributed by atoms with Gasteiger partial charge in [0.2, 0.25) is 0 Å². The molecule has 0 unspecified atom stereocenters. The molecular formula is C21H16N2O4S. The SMILES string of the molecule is C=CCN1C(=O)/C(=C/c2ccc(-c3cccc(C(=O)O)c3)cc2)C(=O)NC1=S. The topological polar surface area (TPSA) is 86.7 Å². The van der Waals surface area contributed by atoms with Crippen LogP contribution >= 0.6 is 12.2 Å². The summed E-state index contributed by atoms with van der Waals surface area (Å²) in [7, 11) is 0. The molecule has 0 atom stereocenters. The largest absolute Gasteiger partial charge is 0.478 e. The van der Waals surface area contributed by atoms with E-state index in [9.17, 15) is 14.4 Å². The maximum Gasteiger partial charge on any atom is 0.335 e. The van der Waals surface area contributed by atoms with Crippen LogP contribution in [-0.4, -0.2) is 39.4 Å². The third-order valence-corrected chi connectivity index (χ3v) is 4.48. The molecule has 1 aliphatic heterocycles. The number of hydrogen-bond acceptors (Lipinski definition) is 4. The van der Waals surface area contributed by atoms with E-state index in [4.69, 9.17) is 17.3 Å². The van der Waals surface area contributed by atoms with Crippen LogP contribution in [-0.2, 0) is 9.59 Å². The molecule has 0 aromatic heterocycles. The Morgan fingerprint density at radius 2 is 1.86 bits per heavy atom. The molecule has 1 saturated heterocycles. The quantitative estimate of drug-likeness (QED) is 0.354. The Bertz CT molecular complexity index is 1020. The third kappa shape index (κ3) is 3.89. The lowest BCUT2D eigenvalue weighted by molar-refractivity contribution is -0.128. The van der Waals surface area contributed by atoms with Crippen LogP contribution < -0.4 is 5.32 Å².